The van der Waals surface area contributed by atoms with Crippen molar-refractivity contribution in [2.24, 2.45) is 7.05 Å². The Morgan fingerprint density at radius 3 is 2.71 bits per heavy atom. The number of hydrogen-bond acceptors (Lipinski definition) is 6. The average molecular weight is 416 g/mol. The van der Waals surface area contributed by atoms with E-state index < -0.39 is 5.97 Å². The molecule has 0 fully saturated rings. The Bertz CT molecular complexity index is 966. The van der Waals surface area contributed by atoms with Gasteiger partial charge in [-0.25, -0.2) is 9.78 Å². The van der Waals surface area contributed by atoms with Crippen molar-refractivity contribution in [1.82, 2.24) is 9.55 Å². The van der Waals surface area contributed by atoms with Gasteiger partial charge in [-0.05, 0) is 19.4 Å². The summed E-state index contributed by atoms with van der Waals surface area (Å²) in [5.74, 6) is -0.637. The van der Waals surface area contributed by atoms with Gasteiger partial charge in [0.15, 0.2) is 5.16 Å². The Labute approximate surface area is 171 Å². The van der Waals surface area contributed by atoms with Gasteiger partial charge in [-0.2, -0.15) is 0 Å². The van der Waals surface area contributed by atoms with Crippen LogP contribution in [-0.4, -0.2) is 33.3 Å². The Balaban J connectivity index is 1.85. The molecule has 2 heterocycles. The first-order chi connectivity index (χ1) is 13.5. The van der Waals surface area contributed by atoms with Crippen molar-refractivity contribution in [1.29, 1.82) is 0 Å². The predicted molar refractivity (Wildman–Crippen MR) is 113 cm³/mol. The molecule has 28 heavy (non-hydrogen) atoms. The molecule has 0 saturated heterocycles. The molecule has 0 bridgehead atoms. The van der Waals surface area contributed by atoms with Crippen LogP contribution in [0.3, 0.4) is 0 Å². The van der Waals surface area contributed by atoms with Crippen molar-refractivity contribution < 1.29 is 14.3 Å². The highest BCUT2D eigenvalue weighted by Gasteiger charge is 2.25. The van der Waals surface area contributed by atoms with Crippen molar-refractivity contribution in [2.45, 2.75) is 24.3 Å². The second kappa shape index (κ2) is 9.07. The lowest BCUT2D eigenvalue weighted by Crippen LogP contribution is -2.23. The highest BCUT2D eigenvalue weighted by molar-refractivity contribution is 8.00. The number of amides is 1. The number of anilines is 1. The van der Waals surface area contributed by atoms with Crippen LogP contribution in [0.15, 0.2) is 53.3 Å². The van der Waals surface area contributed by atoms with E-state index in [4.69, 9.17) is 4.74 Å². The maximum absolute atomic E-state index is 12.7. The minimum absolute atomic E-state index is 0.194. The van der Waals surface area contributed by atoms with Gasteiger partial charge in [0.25, 0.3) is 0 Å². The molecular formula is C20H21N3O3S2. The fraction of sp³-hybridized carbons (Fsp3) is 0.250. The standard InChI is InChI=1S/C20H21N3O3S2/c1-4-26-19(25)16-15(14-8-6-5-7-9-14)12-27-18(16)22-17(24)13(2)28-20-21-10-11-23(20)3/h5-13H,4H2,1-3H3,(H,22,24). The van der Waals surface area contributed by atoms with Crippen LogP contribution in [0, 0.1) is 0 Å². The lowest BCUT2D eigenvalue weighted by Gasteiger charge is -2.12. The second-order valence-electron chi connectivity index (χ2n) is 6.01. The van der Waals surface area contributed by atoms with Gasteiger partial charge >= 0.3 is 5.97 Å². The molecule has 0 aliphatic heterocycles. The third-order valence-electron chi connectivity index (χ3n) is 4.02. The molecule has 2 aromatic heterocycles. The quantitative estimate of drug-likeness (QED) is 0.456. The molecule has 3 aromatic rings. The number of carbonyl (C=O) groups excluding carboxylic acids is 2. The number of nitrogens with one attached hydrogen (secondary N) is 1. The van der Waals surface area contributed by atoms with Crippen LogP contribution in [0.1, 0.15) is 24.2 Å². The Morgan fingerprint density at radius 1 is 1.32 bits per heavy atom. The van der Waals surface area contributed by atoms with Crippen LogP contribution in [-0.2, 0) is 16.6 Å². The molecule has 1 amide bonds. The molecule has 0 aliphatic rings. The summed E-state index contributed by atoms with van der Waals surface area (Å²) in [6.45, 7) is 3.84. The van der Waals surface area contributed by atoms with Crippen LogP contribution < -0.4 is 5.32 Å². The van der Waals surface area contributed by atoms with E-state index >= 15 is 0 Å². The maximum atomic E-state index is 12.7. The topological polar surface area (TPSA) is 73.2 Å². The van der Waals surface area contributed by atoms with E-state index in [2.05, 4.69) is 10.3 Å². The van der Waals surface area contributed by atoms with Crippen LogP contribution in [0.4, 0.5) is 5.00 Å². The molecule has 0 spiro atoms. The molecule has 0 saturated carbocycles. The van der Waals surface area contributed by atoms with Gasteiger partial charge in [0.05, 0.1) is 11.9 Å². The van der Waals surface area contributed by atoms with Crippen molar-refractivity contribution in [3.63, 3.8) is 0 Å². The summed E-state index contributed by atoms with van der Waals surface area (Å²) in [5.41, 5.74) is 2.04. The number of ether oxygens (including phenoxy) is 1. The van der Waals surface area contributed by atoms with E-state index in [1.54, 1.807) is 13.1 Å². The van der Waals surface area contributed by atoms with E-state index in [1.165, 1.54) is 23.1 Å². The summed E-state index contributed by atoms with van der Waals surface area (Å²) in [4.78, 5) is 29.5. The molecule has 1 unspecified atom stereocenters. The molecule has 1 N–H and O–H groups in total. The maximum Gasteiger partial charge on any atom is 0.341 e. The lowest BCUT2D eigenvalue weighted by molar-refractivity contribution is -0.115. The van der Waals surface area contributed by atoms with Gasteiger partial charge in [0, 0.05) is 30.4 Å². The molecule has 1 atom stereocenters. The van der Waals surface area contributed by atoms with Gasteiger partial charge in [0.1, 0.15) is 10.6 Å². The largest absolute Gasteiger partial charge is 0.462 e. The zero-order valence-electron chi connectivity index (χ0n) is 15.8. The SMILES string of the molecule is CCOC(=O)c1c(-c2ccccc2)csc1NC(=O)C(C)Sc1nccn1C. The Hall–Kier alpha value is -2.58. The normalized spacial score (nSPS) is 11.8. The molecule has 0 radical (unpaired) electrons. The first-order valence-corrected chi connectivity index (χ1v) is 10.6. The summed E-state index contributed by atoms with van der Waals surface area (Å²) in [7, 11) is 1.88. The number of thioether (sulfide) groups is 1. The van der Waals surface area contributed by atoms with Crippen molar-refractivity contribution in [3.05, 3.63) is 53.7 Å². The number of esters is 1. The van der Waals surface area contributed by atoms with Crippen LogP contribution >= 0.6 is 23.1 Å². The van der Waals surface area contributed by atoms with Crippen LogP contribution in [0.5, 0.6) is 0 Å². The van der Waals surface area contributed by atoms with Gasteiger partial charge in [-0.15, -0.1) is 11.3 Å². The monoisotopic (exact) mass is 415 g/mol. The van der Waals surface area contributed by atoms with Gasteiger partial charge < -0.3 is 14.6 Å². The summed E-state index contributed by atoms with van der Waals surface area (Å²) in [6.07, 6.45) is 3.52. The number of aromatic nitrogens is 2. The smallest absolute Gasteiger partial charge is 0.341 e. The van der Waals surface area contributed by atoms with E-state index in [0.29, 0.717) is 10.6 Å². The zero-order valence-corrected chi connectivity index (χ0v) is 17.5. The Morgan fingerprint density at radius 2 is 2.07 bits per heavy atom. The minimum Gasteiger partial charge on any atom is -0.462 e. The number of rotatable bonds is 7. The van der Waals surface area contributed by atoms with Crippen molar-refractivity contribution in [3.8, 4) is 11.1 Å². The van der Waals surface area contributed by atoms with Crippen molar-refractivity contribution in [2.75, 3.05) is 11.9 Å². The number of nitrogens with zero attached hydrogens (tertiary/aromatic N) is 2. The summed E-state index contributed by atoms with van der Waals surface area (Å²) >= 11 is 2.68. The molecule has 8 heteroatoms. The lowest BCUT2D eigenvalue weighted by atomic mass is 10.0. The number of carbonyl (C=O) groups is 2. The summed E-state index contributed by atoms with van der Waals surface area (Å²) < 4.78 is 7.09. The first kappa shape index (κ1) is 20.2. The molecule has 1 aromatic carbocycles. The summed E-state index contributed by atoms with van der Waals surface area (Å²) in [5, 5.41) is 5.63. The third-order valence-corrected chi connectivity index (χ3v) is 6.09. The highest BCUT2D eigenvalue weighted by atomic mass is 32.2. The average Bonchev–Trinajstić information content (AvgIpc) is 3.29. The molecule has 3 rings (SSSR count). The third kappa shape index (κ3) is 4.45. The number of imidazole rings is 1. The number of hydrogen-bond donors (Lipinski definition) is 1. The summed E-state index contributed by atoms with van der Waals surface area (Å²) in [6, 6.07) is 9.59. The fourth-order valence-electron chi connectivity index (χ4n) is 2.58. The van der Waals surface area contributed by atoms with E-state index in [-0.39, 0.29) is 17.8 Å². The zero-order chi connectivity index (χ0) is 20.1. The highest BCUT2D eigenvalue weighted by Crippen LogP contribution is 2.36. The fourth-order valence-corrected chi connectivity index (χ4v) is 4.37. The van der Waals surface area contributed by atoms with Gasteiger partial charge in [-0.3, -0.25) is 4.79 Å². The van der Waals surface area contributed by atoms with Crippen LogP contribution in [0.2, 0.25) is 0 Å². The molecule has 0 aliphatic carbocycles. The molecule has 6 nitrogen and oxygen atoms in total. The molecule has 146 valence electrons. The number of aryl methyl sites for hydroxylation is 1. The Kier molecular flexibility index (Phi) is 6.53. The van der Waals surface area contributed by atoms with E-state index in [9.17, 15) is 9.59 Å². The van der Waals surface area contributed by atoms with E-state index in [0.717, 1.165) is 16.3 Å². The van der Waals surface area contributed by atoms with E-state index in [1.807, 2.05) is 60.4 Å². The van der Waals surface area contributed by atoms with Gasteiger partial charge in [-0.1, -0.05) is 42.1 Å². The van der Waals surface area contributed by atoms with Crippen LogP contribution in [0.25, 0.3) is 11.1 Å². The number of benzene rings is 1. The minimum atomic E-state index is -0.442. The first-order valence-electron chi connectivity index (χ1n) is 8.80. The van der Waals surface area contributed by atoms with Gasteiger partial charge in [0.2, 0.25) is 5.91 Å². The molecular weight excluding hydrogens is 394 g/mol. The van der Waals surface area contributed by atoms with Crippen molar-refractivity contribution >= 4 is 40.0 Å². The number of thiophene rings is 1. The second-order valence-corrected chi connectivity index (χ2v) is 8.20. The predicted octanol–water partition coefficient (Wildman–Crippen LogP) is 4.44.